The van der Waals surface area contributed by atoms with Gasteiger partial charge in [-0.25, -0.2) is 4.79 Å². The van der Waals surface area contributed by atoms with E-state index in [1.54, 1.807) is 0 Å². The van der Waals surface area contributed by atoms with Crippen LogP contribution >= 0.6 is 0 Å². The molecule has 0 unspecified atom stereocenters. The normalized spacial score (nSPS) is 13.8. The van der Waals surface area contributed by atoms with E-state index in [9.17, 15) is 4.79 Å². The van der Waals surface area contributed by atoms with Crippen molar-refractivity contribution in [2.24, 2.45) is 5.41 Å². The Kier molecular flexibility index (Phi) is 5.07. The van der Waals surface area contributed by atoms with Gasteiger partial charge in [-0.15, -0.1) is 0 Å². The van der Waals surface area contributed by atoms with Gasteiger partial charge in [0.15, 0.2) is 5.76 Å². The van der Waals surface area contributed by atoms with Gasteiger partial charge in [0, 0.05) is 0 Å². The van der Waals surface area contributed by atoms with Gasteiger partial charge < -0.3 is 9.53 Å². The first-order valence-electron chi connectivity index (χ1n) is 5.33. The molecule has 0 rings (SSSR count). The standard InChI is InChI=1S/C11H22O3Si/c1-7-8(11(2,3)4)9(10(12)13)14-15(5)6/h15H,7H2,1-6H3,(H,12,13). The predicted octanol–water partition coefficient (Wildman–Crippen LogP) is 2.78. The van der Waals surface area contributed by atoms with Crippen molar-refractivity contribution in [3.8, 4) is 0 Å². The summed E-state index contributed by atoms with van der Waals surface area (Å²) in [6, 6.07) is 0. The minimum absolute atomic E-state index is 0.147. The van der Waals surface area contributed by atoms with E-state index in [4.69, 9.17) is 9.53 Å². The summed E-state index contributed by atoms with van der Waals surface area (Å²) in [5, 5.41) is 9.13. The Hall–Kier alpha value is -0.773. The third kappa shape index (κ3) is 4.51. The fourth-order valence-corrected chi connectivity index (χ4v) is 2.23. The third-order valence-electron chi connectivity index (χ3n) is 2.08. The second kappa shape index (κ2) is 5.35. The van der Waals surface area contributed by atoms with Gasteiger partial charge in [0.25, 0.3) is 0 Å². The van der Waals surface area contributed by atoms with Crippen LogP contribution in [0.15, 0.2) is 11.3 Å². The number of carbonyl (C=O) groups is 1. The zero-order valence-corrected chi connectivity index (χ0v) is 11.7. The summed E-state index contributed by atoms with van der Waals surface area (Å²) in [7, 11) is -1.37. The molecule has 0 amide bonds. The van der Waals surface area contributed by atoms with Crippen LogP contribution < -0.4 is 0 Å². The molecule has 3 nitrogen and oxygen atoms in total. The summed E-state index contributed by atoms with van der Waals surface area (Å²) in [6.45, 7) is 12.0. The molecule has 0 aliphatic heterocycles. The van der Waals surface area contributed by atoms with Gasteiger partial charge in [-0.1, -0.05) is 27.7 Å². The Bertz CT molecular complexity index is 261. The Morgan fingerprint density at radius 3 is 2.00 bits per heavy atom. The maximum absolute atomic E-state index is 11.1. The minimum atomic E-state index is -1.37. The maximum Gasteiger partial charge on any atom is 0.369 e. The van der Waals surface area contributed by atoms with Crippen molar-refractivity contribution >= 4 is 15.0 Å². The highest BCUT2D eigenvalue weighted by Crippen LogP contribution is 2.31. The molecular weight excluding hydrogens is 208 g/mol. The largest absolute Gasteiger partial charge is 0.542 e. The quantitative estimate of drug-likeness (QED) is 0.459. The lowest BCUT2D eigenvalue weighted by atomic mass is 9.84. The van der Waals surface area contributed by atoms with Gasteiger partial charge in [0.2, 0.25) is 9.04 Å². The Morgan fingerprint density at radius 2 is 1.80 bits per heavy atom. The molecule has 0 aliphatic rings. The molecular formula is C11H22O3Si. The molecule has 0 saturated carbocycles. The van der Waals surface area contributed by atoms with E-state index in [1.165, 1.54) is 0 Å². The molecule has 0 spiro atoms. The number of allylic oxidation sites excluding steroid dienone is 1. The average Bonchev–Trinajstić information content (AvgIpc) is 2.00. The molecule has 1 N–H and O–H groups in total. The van der Waals surface area contributed by atoms with Crippen molar-refractivity contribution in [3.05, 3.63) is 11.3 Å². The van der Waals surface area contributed by atoms with Crippen molar-refractivity contribution in [3.63, 3.8) is 0 Å². The number of carboxylic acid groups (broad SMARTS) is 1. The van der Waals surface area contributed by atoms with E-state index in [2.05, 4.69) is 0 Å². The van der Waals surface area contributed by atoms with E-state index < -0.39 is 15.0 Å². The summed E-state index contributed by atoms with van der Waals surface area (Å²) in [4.78, 5) is 11.1. The lowest BCUT2D eigenvalue weighted by Crippen LogP contribution is -2.21. The van der Waals surface area contributed by atoms with Crippen LogP contribution in [0.25, 0.3) is 0 Å². The van der Waals surface area contributed by atoms with Crippen LogP contribution in [0, 0.1) is 5.41 Å². The molecule has 0 heterocycles. The van der Waals surface area contributed by atoms with Gasteiger partial charge in [-0.3, -0.25) is 0 Å². The first-order chi connectivity index (χ1) is 6.70. The van der Waals surface area contributed by atoms with Crippen molar-refractivity contribution < 1.29 is 14.3 Å². The molecule has 4 heteroatoms. The molecule has 0 saturated heterocycles. The van der Waals surface area contributed by atoms with Crippen molar-refractivity contribution in [1.82, 2.24) is 0 Å². The van der Waals surface area contributed by atoms with E-state index in [1.807, 2.05) is 40.8 Å². The summed E-state index contributed by atoms with van der Waals surface area (Å²) in [6.07, 6.45) is 0.715. The summed E-state index contributed by atoms with van der Waals surface area (Å²) < 4.78 is 5.51. The van der Waals surface area contributed by atoms with Crippen LogP contribution in [0.5, 0.6) is 0 Å². The number of aliphatic carboxylic acids is 1. The van der Waals surface area contributed by atoms with Gasteiger partial charge in [0.1, 0.15) is 0 Å². The van der Waals surface area contributed by atoms with Gasteiger partial charge in [-0.05, 0) is 30.5 Å². The molecule has 0 radical (unpaired) electrons. The zero-order chi connectivity index (χ0) is 12.2. The number of hydrogen-bond acceptors (Lipinski definition) is 2. The number of hydrogen-bond donors (Lipinski definition) is 1. The van der Waals surface area contributed by atoms with E-state index in [0.717, 1.165) is 5.57 Å². The molecule has 0 aromatic rings. The molecule has 0 aliphatic carbocycles. The monoisotopic (exact) mass is 230 g/mol. The van der Waals surface area contributed by atoms with E-state index >= 15 is 0 Å². The predicted molar refractivity (Wildman–Crippen MR) is 64.4 cm³/mol. The molecule has 0 fully saturated rings. The molecule has 0 atom stereocenters. The zero-order valence-electron chi connectivity index (χ0n) is 10.5. The number of rotatable bonds is 4. The van der Waals surface area contributed by atoms with Crippen LogP contribution in [0.2, 0.25) is 13.1 Å². The summed E-state index contributed by atoms with van der Waals surface area (Å²) >= 11 is 0. The van der Waals surface area contributed by atoms with Crippen LogP contribution in [0.3, 0.4) is 0 Å². The van der Waals surface area contributed by atoms with Gasteiger partial charge >= 0.3 is 5.97 Å². The second-order valence-corrected chi connectivity index (χ2v) is 7.22. The maximum atomic E-state index is 11.1. The topological polar surface area (TPSA) is 46.5 Å². The van der Waals surface area contributed by atoms with Crippen molar-refractivity contribution in [2.75, 3.05) is 0 Å². The second-order valence-electron chi connectivity index (χ2n) is 4.88. The summed E-state index contributed by atoms with van der Waals surface area (Å²) in [5.41, 5.74) is 0.738. The smallest absolute Gasteiger partial charge is 0.369 e. The Balaban J connectivity index is 5.29. The van der Waals surface area contributed by atoms with Crippen LogP contribution in [-0.4, -0.2) is 20.1 Å². The molecule has 15 heavy (non-hydrogen) atoms. The highest BCUT2D eigenvalue weighted by molar-refractivity contribution is 6.49. The van der Waals surface area contributed by atoms with Gasteiger partial charge in [-0.2, -0.15) is 0 Å². The third-order valence-corrected chi connectivity index (χ3v) is 2.79. The lowest BCUT2D eigenvalue weighted by Gasteiger charge is -2.25. The summed E-state index contributed by atoms with van der Waals surface area (Å²) in [5.74, 6) is -0.769. The van der Waals surface area contributed by atoms with Gasteiger partial charge in [0.05, 0.1) is 0 Å². The number of carboxylic acids is 1. The average molecular weight is 230 g/mol. The molecule has 0 aromatic heterocycles. The fraction of sp³-hybridized carbons (Fsp3) is 0.727. The molecule has 88 valence electrons. The highest BCUT2D eigenvalue weighted by Gasteiger charge is 2.25. The Morgan fingerprint density at radius 1 is 1.33 bits per heavy atom. The first-order valence-corrected chi connectivity index (χ1v) is 8.11. The van der Waals surface area contributed by atoms with Crippen molar-refractivity contribution in [1.29, 1.82) is 0 Å². The van der Waals surface area contributed by atoms with Crippen LogP contribution in [0.4, 0.5) is 0 Å². The fourth-order valence-electron chi connectivity index (χ4n) is 1.52. The van der Waals surface area contributed by atoms with Crippen LogP contribution in [0.1, 0.15) is 34.1 Å². The lowest BCUT2D eigenvalue weighted by molar-refractivity contribution is -0.135. The van der Waals surface area contributed by atoms with E-state index in [0.29, 0.717) is 6.42 Å². The van der Waals surface area contributed by atoms with Crippen LogP contribution in [-0.2, 0) is 9.22 Å². The Labute approximate surface area is 93.9 Å². The molecule has 0 bridgehead atoms. The first kappa shape index (κ1) is 14.2. The van der Waals surface area contributed by atoms with Crippen molar-refractivity contribution in [2.45, 2.75) is 47.2 Å². The minimum Gasteiger partial charge on any atom is -0.542 e. The SMILES string of the molecule is CCC(=C(O[SiH](C)C)C(=O)O)C(C)(C)C. The molecule has 0 aromatic carbocycles. The highest BCUT2D eigenvalue weighted by atomic mass is 28.3. The van der Waals surface area contributed by atoms with E-state index in [-0.39, 0.29) is 11.2 Å².